The van der Waals surface area contributed by atoms with E-state index in [-0.39, 0.29) is 22.9 Å². The Labute approximate surface area is 197 Å². The van der Waals surface area contributed by atoms with Crippen LogP contribution in [0.1, 0.15) is 51.2 Å². The maximum atomic E-state index is 13.4. The molecule has 0 spiro atoms. The number of fused-ring (bicyclic) bond motifs is 1. The van der Waals surface area contributed by atoms with Crippen LogP contribution in [0.4, 0.5) is 0 Å². The van der Waals surface area contributed by atoms with Crippen molar-refractivity contribution in [1.29, 1.82) is 0 Å². The fourth-order valence-corrected chi connectivity index (χ4v) is 4.30. The third kappa shape index (κ3) is 4.57. The van der Waals surface area contributed by atoms with Gasteiger partial charge in [-0.3, -0.25) is 14.6 Å². The zero-order chi connectivity index (χ0) is 24.2. The number of benzene rings is 2. The highest BCUT2D eigenvalue weighted by Gasteiger charge is 2.22. The van der Waals surface area contributed by atoms with E-state index in [9.17, 15) is 19.5 Å². The Morgan fingerprint density at radius 1 is 1.00 bits per heavy atom. The lowest BCUT2D eigenvalue weighted by molar-refractivity contribution is -0.130. The summed E-state index contributed by atoms with van der Waals surface area (Å²) in [5.74, 6) is -0.656. The number of aromatic nitrogens is 1. The molecule has 0 atom stereocenters. The van der Waals surface area contributed by atoms with Crippen molar-refractivity contribution in [3.63, 3.8) is 0 Å². The number of aromatic carboxylic acids is 1. The second-order valence-corrected chi connectivity index (χ2v) is 8.20. The topological polar surface area (TPSA) is 106 Å². The van der Waals surface area contributed by atoms with Gasteiger partial charge in [0.1, 0.15) is 5.69 Å². The average Bonchev–Trinajstić information content (AvgIpc) is 3.40. The first kappa shape index (κ1) is 23.2. The van der Waals surface area contributed by atoms with Crippen molar-refractivity contribution in [1.82, 2.24) is 9.88 Å². The van der Waals surface area contributed by atoms with Gasteiger partial charge in [-0.2, -0.15) is 0 Å². The van der Waals surface area contributed by atoms with Crippen LogP contribution >= 0.6 is 0 Å². The Balaban J connectivity index is 1.67. The predicted octanol–water partition coefficient (Wildman–Crippen LogP) is 3.74. The zero-order valence-corrected chi connectivity index (χ0v) is 19.2. The lowest BCUT2D eigenvalue weighted by atomic mass is 9.97. The largest absolute Gasteiger partial charge is 0.493 e. The van der Waals surface area contributed by atoms with Gasteiger partial charge in [-0.1, -0.05) is 18.2 Å². The number of rotatable bonds is 8. The first-order valence-electron chi connectivity index (χ1n) is 11.1. The summed E-state index contributed by atoms with van der Waals surface area (Å²) in [6.45, 7) is 1.63. The Morgan fingerprint density at radius 3 is 2.32 bits per heavy atom. The van der Waals surface area contributed by atoms with Gasteiger partial charge in [0, 0.05) is 42.0 Å². The van der Waals surface area contributed by atoms with Crippen molar-refractivity contribution >= 4 is 28.4 Å². The lowest BCUT2D eigenvalue weighted by Gasteiger charge is -2.15. The summed E-state index contributed by atoms with van der Waals surface area (Å²) in [6.07, 6.45) is 4.21. The standard InChI is InChI=1S/C26H26N2O6/c1-33-21-13-18-19(14-22(21)34-2)24(27-15-20(18)26(31)32)25(30)17-7-5-6-16(12-17)8-9-23(29)28-10-3-4-11-28/h5-7,12-15H,3-4,8-11H2,1-2H3,(H,31,32). The van der Waals surface area contributed by atoms with Gasteiger partial charge in [-0.25, -0.2) is 4.79 Å². The van der Waals surface area contributed by atoms with Crippen molar-refractivity contribution in [2.45, 2.75) is 25.7 Å². The highest BCUT2D eigenvalue weighted by atomic mass is 16.5. The predicted molar refractivity (Wildman–Crippen MR) is 126 cm³/mol. The number of hydrogen-bond acceptors (Lipinski definition) is 6. The fourth-order valence-electron chi connectivity index (χ4n) is 4.30. The number of carboxylic acids is 1. The molecule has 176 valence electrons. The van der Waals surface area contributed by atoms with Gasteiger partial charge < -0.3 is 19.5 Å². The maximum absolute atomic E-state index is 13.4. The smallest absolute Gasteiger partial charge is 0.337 e. The van der Waals surface area contributed by atoms with E-state index in [2.05, 4.69) is 4.98 Å². The van der Waals surface area contributed by atoms with Crippen LogP contribution in [0.15, 0.2) is 42.6 Å². The molecule has 1 N–H and O–H groups in total. The third-order valence-corrected chi connectivity index (χ3v) is 6.11. The SMILES string of the molecule is COc1cc2c(C(=O)O)cnc(C(=O)c3cccc(CCC(=O)N4CCCC4)c3)c2cc1OC. The van der Waals surface area contributed by atoms with Crippen LogP contribution < -0.4 is 9.47 Å². The Kier molecular flexibility index (Phi) is 6.77. The minimum absolute atomic E-state index is 0.0401. The van der Waals surface area contributed by atoms with Crippen LogP contribution in [-0.2, 0) is 11.2 Å². The molecule has 0 bridgehead atoms. The summed E-state index contributed by atoms with van der Waals surface area (Å²) in [5, 5.41) is 10.3. The summed E-state index contributed by atoms with van der Waals surface area (Å²) < 4.78 is 10.7. The number of amides is 1. The van der Waals surface area contributed by atoms with Crippen molar-refractivity contribution in [2.75, 3.05) is 27.3 Å². The number of carbonyl (C=O) groups excluding carboxylic acids is 2. The summed E-state index contributed by atoms with van der Waals surface area (Å²) in [7, 11) is 2.92. The van der Waals surface area contributed by atoms with Crippen LogP contribution in [0.25, 0.3) is 10.8 Å². The summed E-state index contributed by atoms with van der Waals surface area (Å²) in [5.41, 5.74) is 1.37. The fraction of sp³-hybridized carbons (Fsp3) is 0.308. The molecular formula is C26H26N2O6. The number of nitrogens with zero attached hydrogens (tertiary/aromatic N) is 2. The van der Waals surface area contributed by atoms with Crippen LogP contribution in [0.2, 0.25) is 0 Å². The molecule has 2 aromatic carbocycles. The van der Waals surface area contributed by atoms with Gasteiger partial charge in [0.05, 0.1) is 19.8 Å². The summed E-state index contributed by atoms with van der Waals surface area (Å²) >= 11 is 0. The molecule has 1 amide bonds. The molecule has 4 rings (SSSR count). The Hall–Kier alpha value is -3.94. The summed E-state index contributed by atoms with van der Waals surface area (Å²) in [6, 6.07) is 10.2. The number of aryl methyl sites for hydroxylation is 1. The molecule has 8 heteroatoms. The van der Waals surface area contributed by atoms with E-state index in [1.807, 2.05) is 11.0 Å². The zero-order valence-electron chi connectivity index (χ0n) is 19.2. The number of methoxy groups -OCH3 is 2. The number of ether oxygens (including phenoxy) is 2. The molecule has 1 aliphatic heterocycles. The number of carboxylic acid groups (broad SMARTS) is 1. The molecule has 0 unspecified atom stereocenters. The molecule has 34 heavy (non-hydrogen) atoms. The van der Waals surface area contributed by atoms with Gasteiger partial charge in [-0.15, -0.1) is 0 Å². The number of pyridine rings is 1. The minimum Gasteiger partial charge on any atom is -0.493 e. The number of carbonyl (C=O) groups is 3. The van der Waals surface area contributed by atoms with Crippen molar-refractivity contribution in [2.24, 2.45) is 0 Å². The first-order chi connectivity index (χ1) is 16.4. The van der Waals surface area contributed by atoms with E-state index in [4.69, 9.17) is 9.47 Å². The van der Waals surface area contributed by atoms with Gasteiger partial charge >= 0.3 is 5.97 Å². The Bertz CT molecular complexity index is 1260. The van der Waals surface area contributed by atoms with Crippen LogP contribution in [0.3, 0.4) is 0 Å². The molecule has 1 fully saturated rings. The molecule has 8 nitrogen and oxygen atoms in total. The van der Waals surface area contributed by atoms with Crippen molar-refractivity contribution in [3.05, 3.63) is 65.0 Å². The quantitative estimate of drug-likeness (QED) is 0.508. The molecule has 0 aliphatic carbocycles. The molecule has 3 aromatic rings. The van der Waals surface area contributed by atoms with E-state index >= 15 is 0 Å². The second-order valence-electron chi connectivity index (χ2n) is 8.20. The highest BCUT2D eigenvalue weighted by Crippen LogP contribution is 2.35. The van der Waals surface area contributed by atoms with Gasteiger partial charge in [0.25, 0.3) is 0 Å². The van der Waals surface area contributed by atoms with Crippen molar-refractivity contribution < 1.29 is 29.0 Å². The van der Waals surface area contributed by atoms with Crippen molar-refractivity contribution in [3.8, 4) is 11.5 Å². The molecule has 0 radical (unpaired) electrons. The molecule has 2 heterocycles. The molecule has 1 aliphatic rings. The monoisotopic (exact) mass is 462 g/mol. The summed E-state index contributed by atoms with van der Waals surface area (Å²) in [4.78, 5) is 43.7. The highest BCUT2D eigenvalue weighted by molar-refractivity contribution is 6.17. The van der Waals surface area contributed by atoms with E-state index in [0.717, 1.165) is 31.5 Å². The van der Waals surface area contributed by atoms with Gasteiger partial charge in [0.15, 0.2) is 11.5 Å². The molecule has 1 aromatic heterocycles. The van der Waals surface area contributed by atoms with E-state index < -0.39 is 5.97 Å². The lowest BCUT2D eigenvalue weighted by Crippen LogP contribution is -2.27. The van der Waals surface area contributed by atoms with Gasteiger partial charge in [-0.05, 0) is 43.0 Å². The molecule has 1 saturated heterocycles. The van der Waals surface area contributed by atoms with E-state index in [1.165, 1.54) is 26.5 Å². The Morgan fingerprint density at radius 2 is 1.68 bits per heavy atom. The van der Waals surface area contributed by atoms with E-state index in [1.54, 1.807) is 24.3 Å². The van der Waals surface area contributed by atoms with Crippen LogP contribution in [0.5, 0.6) is 11.5 Å². The third-order valence-electron chi connectivity index (χ3n) is 6.11. The molecular weight excluding hydrogens is 436 g/mol. The average molecular weight is 463 g/mol. The second kappa shape index (κ2) is 9.91. The normalized spacial score (nSPS) is 13.2. The maximum Gasteiger partial charge on any atom is 0.337 e. The number of hydrogen-bond donors (Lipinski definition) is 1. The van der Waals surface area contributed by atoms with Crippen LogP contribution in [0, 0.1) is 0 Å². The molecule has 0 saturated carbocycles. The number of ketones is 1. The number of likely N-dealkylation sites (tertiary alicyclic amines) is 1. The minimum atomic E-state index is -1.16. The van der Waals surface area contributed by atoms with Gasteiger partial charge in [0.2, 0.25) is 11.7 Å². The first-order valence-corrected chi connectivity index (χ1v) is 11.1. The van der Waals surface area contributed by atoms with E-state index in [0.29, 0.717) is 40.7 Å². The van der Waals surface area contributed by atoms with Crippen LogP contribution in [-0.4, -0.2) is 60.0 Å².